The Hall–Kier alpha value is -1.87. The molecule has 0 bridgehead atoms. The molecular formula is C13H14F6N4O4S. The van der Waals surface area contributed by atoms with Gasteiger partial charge in [-0.3, -0.25) is 10.1 Å². The molecule has 158 valence electrons. The summed E-state index contributed by atoms with van der Waals surface area (Å²) in [5.74, 6) is -0.451. The van der Waals surface area contributed by atoms with E-state index in [-0.39, 0.29) is 18.2 Å². The van der Waals surface area contributed by atoms with E-state index >= 15 is 0 Å². The molecule has 0 aliphatic carbocycles. The number of thiazole rings is 1. The van der Waals surface area contributed by atoms with Crippen LogP contribution in [0.1, 0.15) is 12.8 Å². The van der Waals surface area contributed by atoms with Gasteiger partial charge in [-0.25, -0.2) is 0 Å². The molecule has 8 nitrogen and oxygen atoms in total. The third-order valence-electron chi connectivity index (χ3n) is 4.87. The fraction of sp³-hybridized carbons (Fsp3) is 0.769. The van der Waals surface area contributed by atoms with Crippen molar-refractivity contribution in [1.29, 1.82) is 0 Å². The number of aliphatic hydroxyl groups is 2. The Morgan fingerprint density at radius 2 is 1.46 bits per heavy atom. The van der Waals surface area contributed by atoms with Gasteiger partial charge in [0.05, 0.1) is 18.0 Å². The molecule has 2 aliphatic heterocycles. The van der Waals surface area contributed by atoms with Gasteiger partial charge in [-0.2, -0.15) is 31.3 Å². The molecule has 2 N–H and O–H groups in total. The molecular weight excluding hydrogens is 422 g/mol. The molecule has 1 aromatic rings. The zero-order chi connectivity index (χ0) is 21.1. The van der Waals surface area contributed by atoms with E-state index in [2.05, 4.69) is 4.98 Å². The maximum absolute atomic E-state index is 13.0. The van der Waals surface area contributed by atoms with Crippen molar-refractivity contribution in [2.75, 3.05) is 36.0 Å². The number of hydrogen-bond donors (Lipinski definition) is 2. The van der Waals surface area contributed by atoms with E-state index in [0.29, 0.717) is 11.3 Å². The van der Waals surface area contributed by atoms with Gasteiger partial charge in [0.25, 0.3) is 0 Å². The molecule has 2 saturated heterocycles. The molecule has 1 aromatic heterocycles. The van der Waals surface area contributed by atoms with Crippen molar-refractivity contribution in [3.05, 3.63) is 10.1 Å². The predicted octanol–water partition coefficient (Wildman–Crippen LogP) is 2.06. The van der Waals surface area contributed by atoms with Gasteiger partial charge in [-0.05, 0) is 11.3 Å². The summed E-state index contributed by atoms with van der Waals surface area (Å²) in [5, 5.41) is 29.9. The van der Waals surface area contributed by atoms with Gasteiger partial charge < -0.3 is 20.0 Å². The molecule has 0 aromatic carbocycles. The lowest BCUT2D eigenvalue weighted by molar-refractivity contribution is -0.379. The summed E-state index contributed by atoms with van der Waals surface area (Å²) in [7, 11) is 0. The van der Waals surface area contributed by atoms with E-state index < -0.39 is 65.2 Å². The molecule has 15 heteroatoms. The summed E-state index contributed by atoms with van der Waals surface area (Å²) in [5.41, 5.74) is -6.06. The van der Waals surface area contributed by atoms with Gasteiger partial charge in [-0.15, -0.1) is 0 Å². The molecule has 2 fully saturated rings. The van der Waals surface area contributed by atoms with Gasteiger partial charge in [0.1, 0.15) is 0 Å². The second-order valence-electron chi connectivity index (χ2n) is 6.78. The maximum atomic E-state index is 13.0. The minimum atomic E-state index is -4.95. The minimum Gasteiger partial charge on any atom is -0.379 e. The summed E-state index contributed by atoms with van der Waals surface area (Å²) < 4.78 is 77.7. The van der Waals surface area contributed by atoms with Crippen LogP contribution in [-0.2, 0) is 0 Å². The van der Waals surface area contributed by atoms with E-state index in [1.165, 1.54) is 0 Å². The predicted molar refractivity (Wildman–Crippen MR) is 84.4 cm³/mol. The zero-order valence-electron chi connectivity index (χ0n) is 13.9. The van der Waals surface area contributed by atoms with Crippen molar-refractivity contribution < 1.29 is 41.5 Å². The number of halogens is 6. The molecule has 2 unspecified atom stereocenters. The van der Waals surface area contributed by atoms with Crippen molar-refractivity contribution >= 4 is 27.3 Å². The van der Waals surface area contributed by atoms with Crippen molar-refractivity contribution in [3.8, 4) is 0 Å². The van der Waals surface area contributed by atoms with Crippen molar-refractivity contribution in [3.63, 3.8) is 0 Å². The van der Waals surface area contributed by atoms with Gasteiger partial charge in [0.15, 0.2) is 16.3 Å². The monoisotopic (exact) mass is 436 g/mol. The summed E-state index contributed by atoms with van der Waals surface area (Å²) in [6.45, 7) is -2.53. The fourth-order valence-corrected chi connectivity index (χ4v) is 4.08. The van der Waals surface area contributed by atoms with Crippen LogP contribution < -0.4 is 9.80 Å². The van der Waals surface area contributed by atoms with Gasteiger partial charge in [0, 0.05) is 25.9 Å². The molecule has 0 saturated carbocycles. The highest BCUT2D eigenvalue weighted by atomic mass is 32.1. The molecule has 0 amide bonds. The fourth-order valence-electron chi connectivity index (χ4n) is 3.15. The highest BCUT2D eigenvalue weighted by Crippen LogP contribution is 2.46. The average Bonchev–Trinajstić information content (AvgIpc) is 3.22. The second-order valence-corrected chi connectivity index (χ2v) is 7.74. The van der Waals surface area contributed by atoms with Crippen molar-refractivity contribution in [2.24, 2.45) is 0 Å². The van der Waals surface area contributed by atoms with Crippen LogP contribution in [0.3, 0.4) is 0 Å². The van der Waals surface area contributed by atoms with Crippen LogP contribution in [0.25, 0.3) is 0 Å². The van der Waals surface area contributed by atoms with Crippen LogP contribution in [0.4, 0.5) is 42.3 Å². The maximum Gasteiger partial charge on any atom is 0.419 e. The molecule has 28 heavy (non-hydrogen) atoms. The highest BCUT2D eigenvalue weighted by Gasteiger charge is 2.59. The lowest BCUT2D eigenvalue weighted by atomic mass is 10.0. The highest BCUT2D eigenvalue weighted by molar-refractivity contribution is 7.19. The first-order valence-electron chi connectivity index (χ1n) is 7.90. The first kappa shape index (κ1) is 20.9. The van der Waals surface area contributed by atoms with Gasteiger partial charge in [-0.1, -0.05) is 0 Å². The molecule has 0 radical (unpaired) electrons. The van der Waals surface area contributed by atoms with Gasteiger partial charge in [0.2, 0.25) is 5.82 Å². The van der Waals surface area contributed by atoms with Gasteiger partial charge >= 0.3 is 17.4 Å². The molecule has 3 heterocycles. The molecule has 0 spiro atoms. The Labute approximate surface area is 157 Å². The van der Waals surface area contributed by atoms with Crippen molar-refractivity contribution in [1.82, 2.24) is 4.98 Å². The quantitative estimate of drug-likeness (QED) is 0.425. The number of alkyl halides is 6. The second kappa shape index (κ2) is 6.32. The van der Waals surface area contributed by atoms with Crippen LogP contribution in [0, 0.1) is 10.1 Å². The number of anilines is 2. The van der Waals surface area contributed by atoms with E-state index in [4.69, 9.17) is 0 Å². The summed E-state index contributed by atoms with van der Waals surface area (Å²) >= 11 is 0.403. The third-order valence-corrected chi connectivity index (χ3v) is 5.92. The number of rotatable bonds is 3. The summed E-state index contributed by atoms with van der Waals surface area (Å²) in [6, 6.07) is 0. The van der Waals surface area contributed by atoms with Crippen LogP contribution in [-0.4, -0.2) is 69.9 Å². The first-order chi connectivity index (χ1) is 12.7. The number of nitro groups is 1. The van der Waals surface area contributed by atoms with E-state index in [0.717, 1.165) is 9.80 Å². The Morgan fingerprint density at radius 3 is 1.89 bits per heavy atom. The minimum absolute atomic E-state index is 0.218. The van der Waals surface area contributed by atoms with Crippen LogP contribution in [0.2, 0.25) is 0 Å². The largest absolute Gasteiger partial charge is 0.419 e. The molecule has 2 atom stereocenters. The Balaban J connectivity index is 1.88. The number of β-amino-alcohol motifs (C(OH)–C–C–N with tert-alkyl or cyclic N) is 2. The lowest BCUT2D eigenvalue weighted by Gasteiger charge is -2.26. The number of aromatic nitrogens is 1. The average molecular weight is 436 g/mol. The number of hydrogen-bond acceptors (Lipinski definition) is 8. The van der Waals surface area contributed by atoms with Crippen LogP contribution in [0.5, 0.6) is 0 Å². The smallest absolute Gasteiger partial charge is 0.379 e. The Kier molecular flexibility index (Phi) is 4.70. The van der Waals surface area contributed by atoms with E-state index in [9.17, 15) is 46.7 Å². The van der Waals surface area contributed by atoms with Crippen molar-refractivity contribution in [2.45, 2.75) is 36.4 Å². The van der Waals surface area contributed by atoms with Crippen LogP contribution in [0.15, 0.2) is 0 Å². The SMILES string of the molecule is O=[N+]([O-])c1sc(N2CCC(O)(C(F)(F)F)C2)nc1N1CCC(O)(C(F)(F)F)C1. The Bertz CT molecular complexity index is 786. The Morgan fingerprint density at radius 1 is 1.00 bits per heavy atom. The van der Waals surface area contributed by atoms with Crippen LogP contribution >= 0.6 is 11.3 Å². The standard InChI is InChI=1S/C13H14F6N4O4S/c14-12(15,16)10(24)1-3-21(5-10)7-8(23(26)27)28-9(20-7)22-4-2-11(25,6-22)13(17,18)19/h24-25H,1-6H2. The van der Waals surface area contributed by atoms with E-state index in [1.807, 2.05) is 0 Å². The summed E-state index contributed by atoms with van der Waals surface area (Å²) in [4.78, 5) is 16.1. The molecule has 2 aliphatic rings. The first-order valence-corrected chi connectivity index (χ1v) is 8.72. The topological polar surface area (TPSA) is 103 Å². The third kappa shape index (κ3) is 3.34. The summed E-state index contributed by atoms with van der Waals surface area (Å²) in [6.07, 6.45) is -11.3. The zero-order valence-corrected chi connectivity index (χ0v) is 14.7. The van der Waals surface area contributed by atoms with E-state index in [1.54, 1.807) is 0 Å². The normalized spacial score (nSPS) is 29.0. The lowest BCUT2D eigenvalue weighted by Crippen LogP contribution is -2.47. The molecule has 3 rings (SSSR count). The number of nitrogens with zero attached hydrogens (tertiary/aromatic N) is 4.